The first-order valence-corrected chi connectivity index (χ1v) is 6.63. The molecule has 0 radical (unpaired) electrons. The Labute approximate surface area is 129 Å². The van der Waals surface area contributed by atoms with E-state index in [1.807, 2.05) is 13.8 Å². The Morgan fingerprint density at radius 3 is 1.95 bits per heavy atom. The minimum atomic E-state index is -0.694. The number of hydrogen-bond acceptors (Lipinski definition) is 8. The molecule has 22 heavy (non-hydrogen) atoms. The summed E-state index contributed by atoms with van der Waals surface area (Å²) in [6.45, 7) is 3.76. The molecule has 0 fully saturated rings. The molecule has 0 atom stereocenters. The SMILES string of the molecule is COc1cc(N2C(N)=NC(N)=NC2(C)C)cc(OC)c1OC. The van der Waals surface area contributed by atoms with E-state index in [0.29, 0.717) is 22.9 Å². The number of aliphatic imine (C=N–C) groups is 2. The fourth-order valence-corrected chi connectivity index (χ4v) is 2.45. The van der Waals surface area contributed by atoms with Crippen LogP contribution in [0.15, 0.2) is 22.1 Å². The summed E-state index contributed by atoms with van der Waals surface area (Å²) in [5.41, 5.74) is 11.7. The third kappa shape index (κ3) is 2.59. The molecular formula is C14H21N5O3. The average Bonchev–Trinajstić information content (AvgIpc) is 2.43. The number of nitrogens with zero attached hydrogens (tertiary/aromatic N) is 3. The molecule has 1 aliphatic heterocycles. The molecule has 0 unspecified atom stereocenters. The molecule has 0 saturated heterocycles. The van der Waals surface area contributed by atoms with Crippen molar-refractivity contribution in [2.75, 3.05) is 26.2 Å². The van der Waals surface area contributed by atoms with Gasteiger partial charge in [0.15, 0.2) is 11.5 Å². The highest BCUT2D eigenvalue weighted by molar-refractivity contribution is 6.05. The van der Waals surface area contributed by atoms with Crippen molar-refractivity contribution in [3.63, 3.8) is 0 Å². The van der Waals surface area contributed by atoms with Crippen LogP contribution < -0.4 is 30.6 Å². The predicted molar refractivity (Wildman–Crippen MR) is 85.9 cm³/mol. The van der Waals surface area contributed by atoms with E-state index in [9.17, 15) is 0 Å². The fraction of sp³-hybridized carbons (Fsp3) is 0.429. The van der Waals surface area contributed by atoms with Gasteiger partial charge in [0.25, 0.3) is 0 Å². The number of ether oxygens (including phenoxy) is 3. The summed E-state index contributed by atoms with van der Waals surface area (Å²) in [5.74, 6) is 1.92. The van der Waals surface area contributed by atoms with Gasteiger partial charge in [-0.05, 0) is 13.8 Å². The van der Waals surface area contributed by atoms with Crippen LogP contribution in [0.3, 0.4) is 0 Å². The summed E-state index contributed by atoms with van der Waals surface area (Å²) in [6.07, 6.45) is 0. The lowest BCUT2D eigenvalue weighted by Gasteiger charge is -2.38. The summed E-state index contributed by atoms with van der Waals surface area (Å²) < 4.78 is 16.0. The fourth-order valence-electron chi connectivity index (χ4n) is 2.45. The Bertz CT molecular complexity index is 614. The van der Waals surface area contributed by atoms with Gasteiger partial charge < -0.3 is 25.7 Å². The molecule has 1 aliphatic rings. The Kier molecular flexibility index (Phi) is 4.03. The Balaban J connectivity index is 2.60. The lowest BCUT2D eigenvalue weighted by molar-refractivity contribution is 0.324. The molecule has 2 rings (SSSR count). The van der Waals surface area contributed by atoms with E-state index in [1.54, 1.807) is 38.4 Å². The molecule has 0 saturated carbocycles. The summed E-state index contributed by atoms with van der Waals surface area (Å²) in [4.78, 5) is 10.1. The predicted octanol–water partition coefficient (Wildman–Crippen LogP) is 0.898. The Morgan fingerprint density at radius 2 is 1.55 bits per heavy atom. The van der Waals surface area contributed by atoms with Crippen molar-refractivity contribution < 1.29 is 14.2 Å². The van der Waals surface area contributed by atoms with Gasteiger partial charge in [0.1, 0.15) is 5.66 Å². The van der Waals surface area contributed by atoms with E-state index in [1.165, 1.54) is 0 Å². The van der Waals surface area contributed by atoms with Crippen LogP contribution in [0.2, 0.25) is 0 Å². The molecule has 0 aromatic heterocycles. The van der Waals surface area contributed by atoms with Crippen LogP contribution in [-0.2, 0) is 0 Å². The minimum Gasteiger partial charge on any atom is -0.493 e. The van der Waals surface area contributed by atoms with Crippen molar-refractivity contribution in [2.24, 2.45) is 21.5 Å². The lowest BCUT2D eigenvalue weighted by atomic mass is 10.1. The normalized spacial score (nSPS) is 16.7. The molecule has 0 amide bonds. The number of nitrogens with two attached hydrogens (primary N) is 2. The van der Waals surface area contributed by atoms with E-state index in [-0.39, 0.29) is 11.9 Å². The maximum atomic E-state index is 6.03. The monoisotopic (exact) mass is 307 g/mol. The van der Waals surface area contributed by atoms with Gasteiger partial charge in [-0.3, -0.25) is 4.90 Å². The molecular weight excluding hydrogens is 286 g/mol. The van der Waals surface area contributed by atoms with E-state index in [0.717, 1.165) is 0 Å². The average molecular weight is 307 g/mol. The largest absolute Gasteiger partial charge is 0.493 e. The molecule has 0 bridgehead atoms. The van der Waals surface area contributed by atoms with Gasteiger partial charge in [-0.2, -0.15) is 4.99 Å². The van der Waals surface area contributed by atoms with Crippen molar-refractivity contribution in [3.8, 4) is 17.2 Å². The number of anilines is 1. The van der Waals surface area contributed by atoms with Crippen LogP contribution >= 0.6 is 0 Å². The van der Waals surface area contributed by atoms with Gasteiger partial charge in [0.05, 0.1) is 27.0 Å². The van der Waals surface area contributed by atoms with Crippen molar-refractivity contribution >= 4 is 17.6 Å². The third-order valence-electron chi connectivity index (χ3n) is 3.30. The summed E-state index contributed by atoms with van der Waals surface area (Å²) in [7, 11) is 4.65. The number of benzene rings is 1. The maximum absolute atomic E-state index is 6.03. The van der Waals surface area contributed by atoms with Crippen LogP contribution in [0.5, 0.6) is 17.2 Å². The van der Waals surface area contributed by atoms with Gasteiger partial charge in [0.2, 0.25) is 17.7 Å². The van der Waals surface area contributed by atoms with E-state index >= 15 is 0 Å². The molecule has 0 aliphatic carbocycles. The second kappa shape index (κ2) is 5.63. The van der Waals surface area contributed by atoms with Crippen LogP contribution in [0.25, 0.3) is 0 Å². The van der Waals surface area contributed by atoms with Gasteiger partial charge in [-0.25, -0.2) is 4.99 Å². The molecule has 8 heteroatoms. The summed E-state index contributed by atoms with van der Waals surface area (Å²) in [5, 5.41) is 0. The van der Waals surface area contributed by atoms with E-state index in [4.69, 9.17) is 25.7 Å². The lowest BCUT2D eigenvalue weighted by Crippen LogP contribution is -2.54. The van der Waals surface area contributed by atoms with Crippen LogP contribution in [0.4, 0.5) is 5.69 Å². The molecule has 4 N–H and O–H groups in total. The smallest absolute Gasteiger partial charge is 0.220 e. The summed E-state index contributed by atoms with van der Waals surface area (Å²) >= 11 is 0. The molecule has 1 aromatic rings. The quantitative estimate of drug-likeness (QED) is 0.855. The Morgan fingerprint density at radius 1 is 1.00 bits per heavy atom. The van der Waals surface area contributed by atoms with Crippen molar-refractivity contribution in [1.82, 2.24) is 0 Å². The zero-order chi connectivity index (χ0) is 16.5. The van der Waals surface area contributed by atoms with Crippen molar-refractivity contribution in [3.05, 3.63) is 12.1 Å². The molecule has 0 spiro atoms. The highest BCUT2D eigenvalue weighted by atomic mass is 16.5. The first-order valence-electron chi connectivity index (χ1n) is 6.63. The first-order chi connectivity index (χ1) is 10.3. The second-order valence-corrected chi connectivity index (χ2v) is 5.15. The zero-order valence-electron chi connectivity index (χ0n) is 13.4. The maximum Gasteiger partial charge on any atom is 0.220 e. The Hall–Kier alpha value is -2.64. The van der Waals surface area contributed by atoms with Crippen molar-refractivity contribution in [2.45, 2.75) is 19.5 Å². The number of methoxy groups -OCH3 is 3. The number of hydrogen-bond donors (Lipinski definition) is 2. The van der Waals surface area contributed by atoms with Gasteiger partial charge in [-0.1, -0.05) is 0 Å². The second-order valence-electron chi connectivity index (χ2n) is 5.15. The molecule has 1 aromatic carbocycles. The number of rotatable bonds is 4. The third-order valence-corrected chi connectivity index (χ3v) is 3.30. The van der Waals surface area contributed by atoms with Crippen LogP contribution in [-0.4, -0.2) is 38.9 Å². The molecule has 120 valence electrons. The highest BCUT2D eigenvalue weighted by Gasteiger charge is 2.34. The van der Waals surface area contributed by atoms with Crippen molar-refractivity contribution in [1.29, 1.82) is 0 Å². The van der Waals surface area contributed by atoms with Gasteiger partial charge in [0, 0.05) is 12.1 Å². The van der Waals surface area contributed by atoms with E-state index < -0.39 is 5.66 Å². The number of guanidine groups is 2. The van der Waals surface area contributed by atoms with Gasteiger partial charge >= 0.3 is 0 Å². The van der Waals surface area contributed by atoms with E-state index in [2.05, 4.69) is 9.98 Å². The summed E-state index contributed by atoms with van der Waals surface area (Å²) in [6, 6.07) is 3.56. The zero-order valence-corrected chi connectivity index (χ0v) is 13.4. The minimum absolute atomic E-state index is 0.145. The standard InChI is InChI=1S/C14H21N5O3/c1-14(2)18-12(15)17-13(16)19(14)8-6-9(20-3)11(22-5)10(7-8)21-4/h6-7H,1-5H3,(H4,15,16,17,18). The van der Waals surface area contributed by atoms with Crippen LogP contribution in [0, 0.1) is 0 Å². The highest BCUT2D eigenvalue weighted by Crippen LogP contribution is 2.42. The first kappa shape index (κ1) is 15.7. The van der Waals surface area contributed by atoms with Crippen LogP contribution in [0.1, 0.15) is 13.8 Å². The van der Waals surface area contributed by atoms with Gasteiger partial charge in [-0.15, -0.1) is 0 Å². The molecule has 1 heterocycles. The topological polar surface area (TPSA) is 108 Å². The molecule has 8 nitrogen and oxygen atoms in total.